The first-order chi connectivity index (χ1) is 9.76. The van der Waals surface area contributed by atoms with Crippen molar-refractivity contribution in [2.24, 2.45) is 0 Å². The second-order valence-electron chi connectivity index (χ2n) is 4.52. The molecule has 0 aliphatic heterocycles. The van der Waals surface area contributed by atoms with Gasteiger partial charge in [-0.15, -0.1) is 0 Å². The van der Waals surface area contributed by atoms with Crippen molar-refractivity contribution in [3.05, 3.63) is 53.1 Å². The van der Waals surface area contributed by atoms with E-state index in [0.717, 1.165) is 40.6 Å². The van der Waals surface area contributed by atoms with Crippen LogP contribution in [0.3, 0.4) is 0 Å². The monoisotopic (exact) mass is 289 g/mol. The minimum Gasteiger partial charge on any atom is -0.493 e. The summed E-state index contributed by atoms with van der Waals surface area (Å²) in [4.78, 5) is 0. The maximum Gasteiger partial charge on any atom is 0.127 e. The molecule has 0 fully saturated rings. The molecule has 2 aromatic carbocycles. The quantitative estimate of drug-likeness (QED) is 0.844. The van der Waals surface area contributed by atoms with E-state index in [1.165, 1.54) is 0 Å². The molecule has 0 aromatic heterocycles. The normalized spacial score (nSPS) is 10.6. The molecule has 2 aromatic rings. The fourth-order valence-corrected chi connectivity index (χ4v) is 2.31. The molecule has 0 bridgehead atoms. The molecule has 2 rings (SSSR count). The van der Waals surface area contributed by atoms with Crippen LogP contribution in [0.2, 0.25) is 5.02 Å². The zero-order valence-electron chi connectivity index (χ0n) is 11.9. The zero-order chi connectivity index (χ0) is 14.4. The smallest absolute Gasteiger partial charge is 0.127 e. The highest BCUT2D eigenvalue weighted by molar-refractivity contribution is 6.31. The Kier molecular flexibility index (Phi) is 5.45. The van der Waals surface area contributed by atoms with Gasteiger partial charge in [0.25, 0.3) is 0 Å². The third-order valence-electron chi connectivity index (χ3n) is 3.11. The summed E-state index contributed by atoms with van der Waals surface area (Å²) in [6.45, 7) is 6.45. The lowest BCUT2D eigenvalue weighted by Gasteiger charge is -2.12. The van der Waals surface area contributed by atoms with Gasteiger partial charge < -0.3 is 10.1 Å². The number of benzene rings is 2. The van der Waals surface area contributed by atoms with Crippen molar-refractivity contribution >= 4 is 11.6 Å². The molecule has 1 N–H and O–H groups in total. The van der Waals surface area contributed by atoms with Gasteiger partial charge in [-0.1, -0.05) is 42.8 Å². The predicted octanol–water partition coefficient (Wildman–Crippen LogP) is 4.52. The van der Waals surface area contributed by atoms with Crippen LogP contribution in [-0.4, -0.2) is 13.2 Å². The Morgan fingerprint density at radius 3 is 2.65 bits per heavy atom. The molecule has 0 radical (unpaired) electrons. The van der Waals surface area contributed by atoms with Crippen LogP contribution < -0.4 is 10.1 Å². The Labute approximate surface area is 125 Å². The van der Waals surface area contributed by atoms with E-state index in [1.807, 2.05) is 37.3 Å². The first-order valence-corrected chi connectivity index (χ1v) is 7.35. The number of halogens is 1. The molecule has 2 nitrogen and oxygen atoms in total. The van der Waals surface area contributed by atoms with E-state index in [4.69, 9.17) is 16.3 Å². The lowest BCUT2D eigenvalue weighted by Crippen LogP contribution is -2.12. The topological polar surface area (TPSA) is 21.3 Å². The van der Waals surface area contributed by atoms with Crippen LogP contribution in [0.5, 0.6) is 5.75 Å². The standard InChI is InChI=1S/C17H20ClNO/c1-3-19-12-14-11-13(9-10-16(14)18)15-7-5-6-8-17(15)20-4-2/h5-11,19H,3-4,12H2,1-2H3. The number of rotatable bonds is 6. The first kappa shape index (κ1) is 14.9. The Hall–Kier alpha value is -1.51. The van der Waals surface area contributed by atoms with E-state index in [2.05, 4.69) is 24.4 Å². The summed E-state index contributed by atoms with van der Waals surface area (Å²) in [7, 11) is 0. The van der Waals surface area contributed by atoms with Crippen LogP contribution in [0.4, 0.5) is 0 Å². The summed E-state index contributed by atoms with van der Waals surface area (Å²) in [5.74, 6) is 0.909. The Bertz CT molecular complexity index is 569. The number of hydrogen-bond donors (Lipinski definition) is 1. The van der Waals surface area contributed by atoms with Crippen LogP contribution >= 0.6 is 11.6 Å². The second-order valence-corrected chi connectivity index (χ2v) is 4.92. The molecule has 0 heterocycles. The lowest BCUT2D eigenvalue weighted by atomic mass is 10.0. The molecule has 0 unspecified atom stereocenters. The Morgan fingerprint density at radius 1 is 1.10 bits per heavy atom. The van der Waals surface area contributed by atoms with Crippen molar-refractivity contribution in [1.82, 2.24) is 5.32 Å². The van der Waals surface area contributed by atoms with Gasteiger partial charge >= 0.3 is 0 Å². The maximum absolute atomic E-state index is 6.25. The Morgan fingerprint density at radius 2 is 1.90 bits per heavy atom. The minimum absolute atomic E-state index is 0.662. The Balaban J connectivity index is 2.37. The van der Waals surface area contributed by atoms with E-state index in [0.29, 0.717) is 6.61 Å². The molecule has 0 atom stereocenters. The van der Waals surface area contributed by atoms with Crippen molar-refractivity contribution in [3.8, 4) is 16.9 Å². The van der Waals surface area contributed by atoms with Gasteiger partial charge in [0.2, 0.25) is 0 Å². The van der Waals surface area contributed by atoms with Crippen LogP contribution in [0.15, 0.2) is 42.5 Å². The fourth-order valence-electron chi connectivity index (χ4n) is 2.12. The molecule has 0 aliphatic rings. The third kappa shape index (κ3) is 3.53. The molecule has 106 valence electrons. The SMILES string of the molecule is CCNCc1cc(-c2ccccc2OCC)ccc1Cl. The summed E-state index contributed by atoms with van der Waals surface area (Å²) in [6.07, 6.45) is 0. The van der Waals surface area contributed by atoms with Gasteiger partial charge in [0.1, 0.15) is 5.75 Å². The average Bonchev–Trinajstić information content (AvgIpc) is 2.47. The highest BCUT2D eigenvalue weighted by Crippen LogP contribution is 2.32. The van der Waals surface area contributed by atoms with Crippen molar-refractivity contribution in [2.45, 2.75) is 20.4 Å². The molecule has 0 amide bonds. The minimum atomic E-state index is 0.662. The highest BCUT2D eigenvalue weighted by Gasteiger charge is 2.08. The zero-order valence-corrected chi connectivity index (χ0v) is 12.7. The van der Waals surface area contributed by atoms with Gasteiger partial charge in [-0.05, 0) is 42.8 Å². The largest absolute Gasteiger partial charge is 0.493 e. The van der Waals surface area contributed by atoms with E-state index < -0.39 is 0 Å². The van der Waals surface area contributed by atoms with E-state index in [1.54, 1.807) is 0 Å². The molecular weight excluding hydrogens is 270 g/mol. The number of hydrogen-bond acceptors (Lipinski definition) is 2. The van der Waals surface area contributed by atoms with Gasteiger partial charge in [0.05, 0.1) is 6.61 Å². The van der Waals surface area contributed by atoms with Gasteiger partial charge in [-0.25, -0.2) is 0 Å². The van der Waals surface area contributed by atoms with Crippen LogP contribution in [0.1, 0.15) is 19.4 Å². The summed E-state index contributed by atoms with van der Waals surface area (Å²) in [5, 5.41) is 4.10. The molecule has 3 heteroatoms. The predicted molar refractivity (Wildman–Crippen MR) is 85.4 cm³/mol. The van der Waals surface area contributed by atoms with Gasteiger partial charge in [-0.2, -0.15) is 0 Å². The summed E-state index contributed by atoms with van der Waals surface area (Å²) < 4.78 is 5.69. The van der Waals surface area contributed by atoms with Crippen molar-refractivity contribution in [3.63, 3.8) is 0 Å². The molecule has 0 aliphatic carbocycles. The van der Waals surface area contributed by atoms with Crippen molar-refractivity contribution in [2.75, 3.05) is 13.2 Å². The van der Waals surface area contributed by atoms with Crippen molar-refractivity contribution in [1.29, 1.82) is 0 Å². The molecule has 20 heavy (non-hydrogen) atoms. The van der Waals surface area contributed by atoms with Gasteiger partial charge in [0, 0.05) is 17.1 Å². The maximum atomic E-state index is 6.25. The van der Waals surface area contributed by atoms with Crippen molar-refractivity contribution < 1.29 is 4.74 Å². The van der Waals surface area contributed by atoms with E-state index in [-0.39, 0.29) is 0 Å². The fraction of sp³-hybridized carbons (Fsp3) is 0.294. The summed E-state index contributed by atoms with van der Waals surface area (Å²) in [5.41, 5.74) is 3.34. The van der Waals surface area contributed by atoms with Crippen LogP contribution in [0.25, 0.3) is 11.1 Å². The first-order valence-electron chi connectivity index (χ1n) is 6.97. The number of nitrogens with one attached hydrogen (secondary N) is 1. The van der Waals surface area contributed by atoms with Gasteiger partial charge in [0.15, 0.2) is 0 Å². The van der Waals surface area contributed by atoms with E-state index in [9.17, 15) is 0 Å². The highest BCUT2D eigenvalue weighted by atomic mass is 35.5. The lowest BCUT2D eigenvalue weighted by molar-refractivity contribution is 0.341. The molecule has 0 spiro atoms. The third-order valence-corrected chi connectivity index (χ3v) is 3.48. The number of para-hydroxylation sites is 1. The number of ether oxygens (including phenoxy) is 1. The van der Waals surface area contributed by atoms with Crippen LogP contribution in [0, 0.1) is 0 Å². The second kappa shape index (κ2) is 7.32. The molecular formula is C17H20ClNO. The summed E-state index contributed by atoms with van der Waals surface area (Å²) >= 11 is 6.25. The summed E-state index contributed by atoms with van der Waals surface area (Å²) in [6, 6.07) is 14.2. The average molecular weight is 290 g/mol. The van der Waals surface area contributed by atoms with Gasteiger partial charge in [-0.3, -0.25) is 0 Å². The molecule has 0 saturated carbocycles. The molecule has 0 saturated heterocycles. The van der Waals surface area contributed by atoms with Crippen LogP contribution in [-0.2, 0) is 6.54 Å². The van der Waals surface area contributed by atoms with E-state index >= 15 is 0 Å².